The Hall–Kier alpha value is -1.24. The molecule has 0 spiro atoms. The summed E-state index contributed by atoms with van der Waals surface area (Å²) in [5.41, 5.74) is 0.453. The van der Waals surface area contributed by atoms with Gasteiger partial charge in [-0.2, -0.15) is 5.10 Å². The minimum atomic E-state index is -4.66. The van der Waals surface area contributed by atoms with Crippen LogP contribution in [0.25, 0.3) is 0 Å². The maximum Gasteiger partial charge on any atom is 0.573 e. The summed E-state index contributed by atoms with van der Waals surface area (Å²) < 4.78 is 48.2. The molecule has 1 saturated carbocycles. The van der Waals surface area contributed by atoms with Gasteiger partial charge in [-0.25, -0.2) is 0 Å². The molecule has 7 heteroatoms. The van der Waals surface area contributed by atoms with Gasteiger partial charge in [-0.05, 0) is 31.6 Å². The zero-order chi connectivity index (χ0) is 14.2. The van der Waals surface area contributed by atoms with Crippen LogP contribution >= 0.6 is 0 Å². The maximum absolute atomic E-state index is 12.4. The largest absolute Gasteiger partial charge is 0.573 e. The molecule has 3 rings (SSSR count). The normalized spacial score (nSPS) is 21.1. The molecule has 112 valence electrons. The fraction of sp³-hybridized carbons (Fsp3) is 0.769. The van der Waals surface area contributed by atoms with Crippen LogP contribution in [0.15, 0.2) is 6.20 Å². The third-order valence-electron chi connectivity index (χ3n) is 3.73. The Morgan fingerprint density at radius 1 is 1.25 bits per heavy atom. The number of hydrogen-bond acceptors (Lipinski definition) is 3. The number of nitrogens with zero attached hydrogens (tertiary/aromatic N) is 2. The van der Waals surface area contributed by atoms with E-state index in [1.807, 2.05) is 0 Å². The topological polar surface area (TPSA) is 36.3 Å². The molecule has 2 aliphatic rings. The summed E-state index contributed by atoms with van der Waals surface area (Å²) in [7, 11) is 0. The van der Waals surface area contributed by atoms with Crippen molar-refractivity contribution in [2.75, 3.05) is 13.2 Å². The molecule has 0 radical (unpaired) electrons. The van der Waals surface area contributed by atoms with Crippen molar-refractivity contribution in [1.82, 2.24) is 9.78 Å². The molecule has 0 bridgehead atoms. The zero-order valence-corrected chi connectivity index (χ0v) is 11.0. The number of alkyl halides is 3. The summed E-state index contributed by atoms with van der Waals surface area (Å²) in [5, 5.41) is 4.30. The van der Waals surface area contributed by atoms with Gasteiger partial charge in [0.25, 0.3) is 0 Å². The Morgan fingerprint density at radius 3 is 2.55 bits per heavy atom. The first kappa shape index (κ1) is 13.7. The molecule has 0 aromatic carbocycles. The molecule has 1 aliphatic heterocycles. The van der Waals surface area contributed by atoms with Gasteiger partial charge in [0.1, 0.15) is 5.69 Å². The summed E-state index contributed by atoms with van der Waals surface area (Å²) in [5.74, 6) is 0.407. The smallest absolute Gasteiger partial charge is 0.402 e. The van der Waals surface area contributed by atoms with E-state index in [0.717, 1.165) is 25.7 Å². The van der Waals surface area contributed by atoms with Crippen molar-refractivity contribution < 1.29 is 22.6 Å². The van der Waals surface area contributed by atoms with Gasteiger partial charge in [-0.15, -0.1) is 13.2 Å². The highest BCUT2D eigenvalue weighted by molar-refractivity contribution is 5.31. The summed E-state index contributed by atoms with van der Waals surface area (Å²) >= 11 is 0. The predicted molar refractivity (Wildman–Crippen MR) is 64.4 cm³/mol. The molecular weight excluding hydrogens is 273 g/mol. The fourth-order valence-corrected chi connectivity index (χ4v) is 2.55. The number of aromatic nitrogens is 2. The van der Waals surface area contributed by atoms with E-state index in [4.69, 9.17) is 4.74 Å². The van der Waals surface area contributed by atoms with Gasteiger partial charge in [0, 0.05) is 25.7 Å². The Morgan fingerprint density at radius 2 is 1.95 bits per heavy atom. The molecule has 0 unspecified atom stereocenters. The Kier molecular flexibility index (Phi) is 3.62. The lowest BCUT2D eigenvalue weighted by molar-refractivity contribution is -0.274. The van der Waals surface area contributed by atoms with Gasteiger partial charge < -0.3 is 9.47 Å². The Labute approximate surface area is 114 Å². The Balaban J connectivity index is 1.72. The van der Waals surface area contributed by atoms with Gasteiger partial charge in [0.2, 0.25) is 0 Å². The lowest BCUT2D eigenvalue weighted by Gasteiger charge is -2.21. The van der Waals surface area contributed by atoms with E-state index in [0.29, 0.717) is 31.4 Å². The first-order valence-corrected chi connectivity index (χ1v) is 6.92. The van der Waals surface area contributed by atoms with Gasteiger partial charge in [0.05, 0.1) is 6.20 Å². The van der Waals surface area contributed by atoms with Crippen LogP contribution < -0.4 is 4.74 Å². The Bertz CT molecular complexity index is 463. The minimum absolute atomic E-state index is 0.128. The molecule has 1 saturated heterocycles. The molecule has 0 atom stereocenters. The second kappa shape index (κ2) is 5.27. The molecule has 0 amide bonds. The van der Waals surface area contributed by atoms with Crippen LogP contribution in [0.5, 0.6) is 5.75 Å². The van der Waals surface area contributed by atoms with E-state index < -0.39 is 6.36 Å². The number of hydrogen-bond donors (Lipinski definition) is 0. The van der Waals surface area contributed by atoms with Crippen LogP contribution in [-0.4, -0.2) is 29.4 Å². The molecule has 4 nitrogen and oxygen atoms in total. The molecule has 1 aromatic heterocycles. The summed E-state index contributed by atoms with van der Waals surface area (Å²) in [6, 6.07) is 0. The standard InChI is InChI=1S/C13H17F3N2O2/c14-13(15,16)20-11-8-18(17-12(11)10-1-2-10)7-9-3-5-19-6-4-9/h8-10H,1-7H2. The van der Waals surface area contributed by atoms with E-state index in [1.54, 1.807) is 4.68 Å². The molecule has 1 aliphatic carbocycles. The van der Waals surface area contributed by atoms with E-state index in [9.17, 15) is 13.2 Å². The van der Waals surface area contributed by atoms with Crippen molar-refractivity contribution in [1.29, 1.82) is 0 Å². The maximum atomic E-state index is 12.4. The van der Waals surface area contributed by atoms with Crippen molar-refractivity contribution >= 4 is 0 Å². The highest BCUT2D eigenvalue weighted by Gasteiger charge is 2.37. The lowest BCUT2D eigenvalue weighted by Crippen LogP contribution is -2.20. The quantitative estimate of drug-likeness (QED) is 0.855. The first-order valence-electron chi connectivity index (χ1n) is 6.92. The third-order valence-corrected chi connectivity index (χ3v) is 3.73. The highest BCUT2D eigenvalue weighted by Crippen LogP contribution is 2.44. The monoisotopic (exact) mass is 290 g/mol. The number of ether oxygens (including phenoxy) is 2. The van der Waals surface area contributed by atoms with Gasteiger partial charge in [-0.1, -0.05) is 0 Å². The van der Waals surface area contributed by atoms with Crippen LogP contribution in [0.2, 0.25) is 0 Å². The molecule has 20 heavy (non-hydrogen) atoms. The van der Waals surface area contributed by atoms with E-state index in [-0.39, 0.29) is 11.7 Å². The van der Waals surface area contributed by atoms with Gasteiger partial charge >= 0.3 is 6.36 Å². The SMILES string of the molecule is FC(F)(F)Oc1cn(CC2CCOCC2)nc1C1CC1. The van der Waals surface area contributed by atoms with Gasteiger partial charge in [0.15, 0.2) is 5.75 Å². The van der Waals surface area contributed by atoms with Crippen molar-refractivity contribution in [2.24, 2.45) is 5.92 Å². The van der Waals surface area contributed by atoms with Crippen LogP contribution in [0.1, 0.15) is 37.3 Å². The van der Waals surface area contributed by atoms with Crippen molar-refractivity contribution in [2.45, 2.75) is 44.5 Å². The van der Waals surface area contributed by atoms with Crippen LogP contribution in [0, 0.1) is 5.92 Å². The molecule has 1 aromatic rings. The van der Waals surface area contributed by atoms with Crippen molar-refractivity contribution in [3.8, 4) is 5.75 Å². The lowest BCUT2D eigenvalue weighted by atomic mass is 10.0. The molecule has 2 heterocycles. The van der Waals surface area contributed by atoms with E-state index >= 15 is 0 Å². The average Bonchev–Trinajstić information content (AvgIpc) is 3.13. The zero-order valence-electron chi connectivity index (χ0n) is 11.0. The van der Waals surface area contributed by atoms with Crippen LogP contribution in [0.3, 0.4) is 0 Å². The molecule has 0 N–H and O–H groups in total. The summed E-state index contributed by atoms with van der Waals surface area (Å²) in [6.45, 7) is 2.06. The number of halogens is 3. The van der Waals surface area contributed by atoms with E-state index in [2.05, 4.69) is 9.84 Å². The van der Waals surface area contributed by atoms with Crippen LogP contribution in [-0.2, 0) is 11.3 Å². The van der Waals surface area contributed by atoms with E-state index in [1.165, 1.54) is 6.20 Å². The van der Waals surface area contributed by atoms with Crippen molar-refractivity contribution in [3.63, 3.8) is 0 Å². The molecular formula is C13H17F3N2O2. The summed E-state index contributed by atoms with van der Waals surface area (Å²) in [4.78, 5) is 0. The molecule has 2 fully saturated rings. The third kappa shape index (κ3) is 3.45. The number of rotatable bonds is 4. The van der Waals surface area contributed by atoms with Crippen molar-refractivity contribution in [3.05, 3.63) is 11.9 Å². The predicted octanol–water partition coefficient (Wildman–Crippen LogP) is 3.09. The van der Waals surface area contributed by atoms with Crippen LogP contribution in [0.4, 0.5) is 13.2 Å². The fourth-order valence-electron chi connectivity index (χ4n) is 2.55. The second-order valence-electron chi connectivity index (χ2n) is 5.48. The first-order chi connectivity index (χ1) is 9.51. The van der Waals surface area contributed by atoms with Gasteiger partial charge in [-0.3, -0.25) is 4.68 Å². The average molecular weight is 290 g/mol. The second-order valence-corrected chi connectivity index (χ2v) is 5.48. The highest BCUT2D eigenvalue weighted by atomic mass is 19.4. The minimum Gasteiger partial charge on any atom is -0.402 e. The summed E-state index contributed by atoms with van der Waals surface area (Å²) in [6.07, 6.45) is 0.361.